The van der Waals surface area contributed by atoms with Gasteiger partial charge in [-0.15, -0.1) is 0 Å². The van der Waals surface area contributed by atoms with E-state index in [1.165, 1.54) is 0 Å². The van der Waals surface area contributed by atoms with E-state index < -0.39 is 0 Å². The molecule has 2 aromatic heterocycles. The second-order valence-electron chi connectivity index (χ2n) is 3.80. The summed E-state index contributed by atoms with van der Waals surface area (Å²) in [5, 5.41) is 1.67. The Kier molecular flexibility index (Phi) is 2.36. The average molecular weight is 247 g/mol. The molecule has 2 N–H and O–H groups in total. The van der Waals surface area contributed by atoms with Crippen molar-refractivity contribution in [2.75, 3.05) is 0 Å². The molecular weight excluding hydrogens is 238 g/mol. The smallest absolute Gasteiger partial charge is 0.286 e. The highest BCUT2D eigenvalue weighted by Gasteiger charge is 2.32. The molecule has 1 atom stereocenters. The molecule has 0 radical (unpaired) electrons. The summed E-state index contributed by atoms with van der Waals surface area (Å²) in [5.74, 6) is -0.217. The monoisotopic (exact) mass is 247 g/mol. The minimum Gasteiger partial charge on any atom is -0.360 e. The molecule has 5 nitrogen and oxygen atoms in total. The van der Waals surface area contributed by atoms with Crippen LogP contribution in [0.25, 0.3) is 11.0 Å². The Balaban J connectivity index is 1.90. The lowest BCUT2D eigenvalue weighted by Gasteiger charge is -2.02. The van der Waals surface area contributed by atoms with Crippen LogP contribution in [0, 0.1) is 0 Å². The van der Waals surface area contributed by atoms with Gasteiger partial charge in [0.15, 0.2) is 0 Å². The topological polar surface area (TPSA) is 74.8 Å². The van der Waals surface area contributed by atoms with Crippen LogP contribution in [-0.4, -0.2) is 26.4 Å². The van der Waals surface area contributed by atoms with Crippen LogP contribution in [0.2, 0.25) is 0 Å². The number of amides is 2. The van der Waals surface area contributed by atoms with Crippen LogP contribution in [0.3, 0.4) is 0 Å². The molecule has 0 spiro atoms. The van der Waals surface area contributed by atoms with Crippen LogP contribution in [0.4, 0.5) is 4.79 Å². The van der Waals surface area contributed by atoms with Gasteiger partial charge in [0.25, 0.3) is 5.24 Å². The van der Waals surface area contributed by atoms with Gasteiger partial charge in [0.1, 0.15) is 0 Å². The highest BCUT2D eigenvalue weighted by Crippen LogP contribution is 2.25. The van der Waals surface area contributed by atoms with E-state index in [0.29, 0.717) is 6.42 Å². The number of pyridine rings is 1. The Labute approximate surface area is 101 Å². The Bertz CT molecular complexity index is 608. The SMILES string of the molecule is O=C1NC(=O)C(Cc2c[nH]c3cccnc23)S1. The Morgan fingerprint density at radius 3 is 3.06 bits per heavy atom. The van der Waals surface area contributed by atoms with Gasteiger partial charge in [-0.25, -0.2) is 0 Å². The first-order valence-corrected chi connectivity index (χ1v) is 6.04. The van der Waals surface area contributed by atoms with Gasteiger partial charge in [0.05, 0.1) is 16.3 Å². The summed E-state index contributed by atoms with van der Waals surface area (Å²) >= 11 is 1.04. The first-order valence-electron chi connectivity index (χ1n) is 5.16. The number of H-pyrrole nitrogens is 1. The van der Waals surface area contributed by atoms with Gasteiger partial charge < -0.3 is 4.98 Å². The predicted octanol–water partition coefficient (Wildman–Crippen LogP) is 1.46. The number of aromatic nitrogens is 2. The lowest BCUT2D eigenvalue weighted by atomic mass is 10.1. The number of aromatic amines is 1. The van der Waals surface area contributed by atoms with Crippen molar-refractivity contribution in [1.29, 1.82) is 0 Å². The fourth-order valence-electron chi connectivity index (χ4n) is 1.89. The average Bonchev–Trinajstić information content (AvgIpc) is 2.85. The van der Waals surface area contributed by atoms with Gasteiger partial charge in [-0.2, -0.15) is 0 Å². The van der Waals surface area contributed by atoms with Gasteiger partial charge in [-0.05, 0) is 24.1 Å². The molecule has 0 aromatic carbocycles. The van der Waals surface area contributed by atoms with Gasteiger partial charge in [-0.1, -0.05) is 11.8 Å². The summed E-state index contributed by atoms with van der Waals surface area (Å²) in [7, 11) is 0. The summed E-state index contributed by atoms with van der Waals surface area (Å²) in [4.78, 5) is 29.9. The van der Waals surface area contributed by atoms with Gasteiger partial charge in [-0.3, -0.25) is 19.9 Å². The molecule has 1 unspecified atom stereocenters. The van der Waals surface area contributed by atoms with E-state index in [-0.39, 0.29) is 16.4 Å². The van der Waals surface area contributed by atoms with Crippen molar-refractivity contribution in [2.45, 2.75) is 11.7 Å². The number of nitrogens with zero attached hydrogens (tertiary/aromatic N) is 1. The maximum absolute atomic E-state index is 11.5. The van der Waals surface area contributed by atoms with Crippen molar-refractivity contribution < 1.29 is 9.59 Å². The zero-order valence-electron chi connectivity index (χ0n) is 8.77. The molecule has 0 bridgehead atoms. The number of fused-ring (bicyclic) bond motifs is 1. The minimum absolute atomic E-state index is 0.217. The van der Waals surface area contributed by atoms with E-state index >= 15 is 0 Å². The third-order valence-corrected chi connectivity index (χ3v) is 3.67. The first kappa shape index (κ1) is 10.3. The van der Waals surface area contributed by atoms with E-state index in [0.717, 1.165) is 28.4 Å². The normalized spacial score (nSPS) is 19.9. The lowest BCUT2D eigenvalue weighted by molar-refractivity contribution is -0.118. The van der Waals surface area contributed by atoms with Crippen LogP contribution in [0.1, 0.15) is 5.56 Å². The third-order valence-electron chi connectivity index (χ3n) is 2.69. The number of nitrogens with one attached hydrogen (secondary N) is 2. The molecule has 1 saturated heterocycles. The fraction of sp³-hybridized carbons (Fsp3) is 0.182. The second-order valence-corrected chi connectivity index (χ2v) is 4.98. The number of thioether (sulfide) groups is 1. The summed E-state index contributed by atoms with van der Waals surface area (Å²) in [6.45, 7) is 0. The Morgan fingerprint density at radius 1 is 1.41 bits per heavy atom. The van der Waals surface area contributed by atoms with E-state index in [2.05, 4.69) is 15.3 Å². The first-order chi connectivity index (χ1) is 8.24. The van der Waals surface area contributed by atoms with Crippen molar-refractivity contribution in [3.63, 3.8) is 0 Å². The quantitative estimate of drug-likeness (QED) is 0.842. The molecule has 0 saturated carbocycles. The standard InChI is InChI=1S/C11H9N3O2S/c15-10-8(17-11(16)14-10)4-6-5-13-7-2-1-3-12-9(6)7/h1-3,5,8,13H,4H2,(H,14,15,16). The van der Waals surface area contributed by atoms with Crippen molar-refractivity contribution in [2.24, 2.45) is 0 Å². The third kappa shape index (κ3) is 1.80. The van der Waals surface area contributed by atoms with Crippen molar-refractivity contribution in [3.8, 4) is 0 Å². The second kappa shape index (κ2) is 3.89. The molecule has 17 heavy (non-hydrogen) atoms. The predicted molar refractivity (Wildman–Crippen MR) is 64.7 cm³/mol. The maximum atomic E-state index is 11.5. The number of carbonyl (C=O) groups excluding carboxylic acids is 2. The minimum atomic E-state index is -0.344. The van der Waals surface area contributed by atoms with Gasteiger partial charge >= 0.3 is 0 Å². The van der Waals surface area contributed by atoms with Crippen LogP contribution in [0.5, 0.6) is 0 Å². The number of carbonyl (C=O) groups is 2. The molecule has 2 amide bonds. The van der Waals surface area contributed by atoms with Crippen LogP contribution < -0.4 is 5.32 Å². The van der Waals surface area contributed by atoms with E-state index in [9.17, 15) is 9.59 Å². The zero-order valence-corrected chi connectivity index (χ0v) is 9.58. The number of rotatable bonds is 2. The van der Waals surface area contributed by atoms with E-state index in [1.54, 1.807) is 6.20 Å². The molecule has 2 aromatic rings. The highest BCUT2D eigenvalue weighted by molar-refractivity contribution is 8.15. The van der Waals surface area contributed by atoms with Gasteiger partial charge in [0, 0.05) is 12.4 Å². The number of hydrogen-bond donors (Lipinski definition) is 2. The number of hydrogen-bond acceptors (Lipinski definition) is 4. The van der Waals surface area contributed by atoms with Gasteiger partial charge in [0.2, 0.25) is 5.91 Å². The van der Waals surface area contributed by atoms with Crippen molar-refractivity contribution >= 4 is 33.9 Å². The summed E-state index contributed by atoms with van der Waals surface area (Å²) < 4.78 is 0. The fourth-order valence-corrected chi connectivity index (χ4v) is 2.74. The largest absolute Gasteiger partial charge is 0.360 e. The Morgan fingerprint density at radius 2 is 2.29 bits per heavy atom. The Hall–Kier alpha value is -1.82. The maximum Gasteiger partial charge on any atom is 0.286 e. The van der Waals surface area contributed by atoms with Crippen LogP contribution in [-0.2, 0) is 11.2 Å². The molecule has 86 valence electrons. The zero-order chi connectivity index (χ0) is 11.8. The lowest BCUT2D eigenvalue weighted by Crippen LogP contribution is -2.25. The van der Waals surface area contributed by atoms with Crippen molar-refractivity contribution in [1.82, 2.24) is 15.3 Å². The highest BCUT2D eigenvalue weighted by atomic mass is 32.2. The summed E-state index contributed by atoms with van der Waals surface area (Å²) in [5.41, 5.74) is 2.76. The molecule has 6 heteroatoms. The molecule has 0 aliphatic carbocycles. The van der Waals surface area contributed by atoms with Crippen molar-refractivity contribution in [3.05, 3.63) is 30.1 Å². The molecule has 3 rings (SSSR count). The summed E-state index contributed by atoms with van der Waals surface area (Å²) in [6, 6.07) is 3.78. The van der Waals surface area contributed by atoms with E-state index in [4.69, 9.17) is 0 Å². The molecule has 3 heterocycles. The number of imide groups is 1. The molecular formula is C11H9N3O2S. The van der Waals surface area contributed by atoms with E-state index in [1.807, 2.05) is 18.3 Å². The van der Waals surface area contributed by atoms with Crippen LogP contribution >= 0.6 is 11.8 Å². The molecule has 1 fully saturated rings. The molecule has 1 aliphatic heterocycles. The molecule has 1 aliphatic rings. The van der Waals surface area contributed by atoms with Crippen LogP contribution in [0.15, 0.2) is 24.5 Å². The summed E-state index contributed by atoms with van der Waals surface area (Å²) in [6.07, 6.45) is 4.07.